The van der Waals surface area contributed by atoms with Gasteiger partial charge in [-0.15, -0.1) is 0 Å². The summed E-state index contributed by atoms with van der Waals surface area (Å²) in [6.45, 7) is 4.54. The van der Waals surface area contributed by atoms with Gasteiger partial charge in [0.15, 0.2) is 0 Å². The smallest absolute Gasteiger partial charge is 0.253 e. The van der Waals surface area contributed by atoms with E-state index in [4.69, 9.17) is 4.74 Å². The van der Waals surface area contributed by atoms with E-state index in [0.717, 1.165) is 38.3 Å². The molecule has 2 aliphatic rings. The van der Waals surface area contributed by atoms with Crippen molar-refractivity contribution < 1.29 is 9.53 Å². The second-order valence-electron chi connectivity index (χ2n) is 5.78. The van der Waals surface area contributed by atoms with Crippen LogP contribution in [-0.2, 0) is 23.1 Å². The zero-order valence-electron chi connectivity index (χ0n) is 12.6. The number of morpholine rings is 1. The summed E-state index contributed by atoms with van der Waals surface area (Å²) in [5.41, 5.74) is 0. The van der Waals surface area contributed by atoms with Crippen LogP contribution < -0.4 is 0 Å². The summed E-state index contributed by atoms with van der Waals surface area (Å²) in [5, 5.41) is 4.08. The molecule has 7 nitrogen and oxygen atoms in total. The molecule has 0 aromatic carbocycles. The summed E-state index contributed by atoms with van der Waals surface area (Å²) in [6, 6.07) is 0. The van der Waals surface area contributed by atoms with Crippen molar-refractivity contribution in [1.82, 2.24) is 24.6 Å². The van der Waals surface area contributed by atoms with Crippen molar-refractivity contribution in [1.29, 1.82) is 0 Å². The summed E-state index contributed by atoms with van der Waals surface area (Å²) >= 11 is 0. The first kappa shape index (κ1) is 14.5. The summed E-state index contributed by atoms with van der Waals surface area (Å²) < 4.78 is 7.47. The van der Waals surface area contributed by atoms with Crippen LogP contribution in [0, 0.1) is 0 Å². The van der Waals surface area contributed by atoms with Gasteiger partial charge in [0.05, 0.1) is 13.2 Å². The van der Waals surface area contributed by atoms with Gasteiger partial charge in [0.25, 0.3) is 5.91 Å². The number of carbonyl (C=O) groups is 1. The molecule has 21 heavy (non-hydrogen) atoms. The normalized spacial score (nSPS) is 24.2. The fourth-order valence-electron chi connectivity index (χ4n) is 2.98. The number of hydrogen-bond donors (Lipinski definition) is 0. The van der Waals surface area contributed by atoms with Gasteiger partial charge >= 0.3 is 0 Å². The number of piperidine rings is 1. The van der Waals surface area contributed by atoms with Crippen LogP contribution in [0.2, 0.25) is 0 Å². The highest BCUT2D eigenvalue weighted by molar-refractivity contribution is 5.81. The molecule has 116 valence electrons. The van der Waals surface area contributed by atoms with Crippen molar-refractivity contribution in [2.45, 2.75) is 31.9 Å². The Bertz CT molecular complexity index is 483. The van der Waals surface area contributed by atoms with Crippen molar-refractivity contribution >= 4 is 5.91 Å². The van der Waals surface area contributed by atoms with Crippen molar-refractivity contribution in [2.75, 3.05) is 32.8 Å². The summed E-state index contributed by atoms with van der Waals surface area (Å²) in [4.78, 5) is 20.9. The van der Waals surface area contributed by atoms with Crippen LogP contribution in [0.3, 0.4) is 0 Å². The lowest BCUT2D eigenvalue weighted by molar-refractivity contribution is -0.150. The second kappa shape index (κ2) is 6.53. The van der Waals surface area contributed by atoms with E-state index in [1.54, 1.807) is 11.0 Å². The molecule has 3 heterocycles. The topological polar surface area (TPSA) is 63.5 Å². The zero-order valence-corrected chi connectivity index (χ0v) is 12.6. The Kier molecular flexibility index (Phi) is 4.50. The molecular formula is C14H23N5O2. The molecule has 7 heteroatoms. The third-order valence-corrected chi connectivity index (χ3v) is 4.26. The molecule has 2 aliphatic heterocycles. The third-order valence-electron chi connectivity index (χ3n) is 4.26. The van der Waals surface area contributed by atoms with Gasteiger partial charge in [-0.3, -0.25) is 14.4 Å². The highest BCUT2D eigenvalue weighted by Crippen LogP contribution is 2.15. The summed E-state index contributed by atoms with van der Waals surface area (Å²) in [6.07, 6.45) is 4.69. The average Bonchev–Trinajstić information content (AvgIpc) is 2.93. The number of ether oxygens (including phenoxy) is 1. The Balaban J connectivity index is 1.57. The molecule has 2 saturated heterocycles. The molecule has 1 aromatic rings. The minimum Gasteiger partial charge on any atom is -0.366 e. The first-order valence-electron chi connectivity index (χ1n) is 7.69. The van der Waals surface area contributed by atoms with Crippen molar-refractivity contribution in [3.8, 4) is 0 Å². The molecule has 0 bridgehead atoms. The van der Waals surface area contributed by atoms with E-state index in [1.165, 1.54) is 6.42 Å². The van der Waals surface area contributed by atoms with Crippen LogP contribution in [0.5, 0.6) is 0 Å². The molecule has 1 aromatic heterocycles. The molecule has 1 unspecified atom stereocenters. The number of rotatable bonds is 3. The largest absolute Gasteiger partial charge is 0.366 e. The number of amides is 1. The molecule has 1 amide bonds. The van der Waals surface area contributed by atoms with Gasteiger partial charge in [0.1, 0.15) is 18.3 Å². The monoisotopic (exact) mass is 293 g/mol. The van der Waals surface area contributed by atoms with Crippen molar-refractivity contribution in [2.24, 2.45) is 7.05 Å². The van der Waals surface area contributed by atoms with E-state index in [2.05, 4.69) is 15.0 Å². The number of hydrogen-bond acceptors (Lipinski definition) is 5. The van der Waals surface area contributed by atoms with Crippen LogP contribution in [-0.4, -0.2) is 69.4 Å². The van der Waals surface area contributed by atoms with Crippen molar-refractivity contribution in [3.63, 3.8) is 0 Å². The molecule has 0 saturated carbocycles. The molecule has 3 rings (SSSR count). The number of nitrogens with zero attached hydrogens (tertiary/aromatic N) is 5. The van der Waals surface area contributed by atoms with Crippen molar-refractivity contribution in [3.05, 3.63) is 12.2 Å². The first-order chi connectivity index (χ1) is 10.2. The van der Waals surface area contributed by atoms with E-state index in [1.807, 2.05) is 11.9 Å². The molecular weight excluding hydrogens is 270 g/mol. The molecule has 1 atom stereocenters. The lowest BCUT2D eigenvalue weighted by Crippen LogP contribution is -2.51. The van der Waals surface area contributed by atoms with Gasteiger partial charge in [0, 0.05) is 33.2 Å². The number of carbonyl (C=O) groups excluding carboxylic acids is 1. The molecule has 0 radical (unpaired) electrons. The van der Waals surface area contributed by atoms with Crippen LogP contribution >= 0.6 is 0 Å². The van der Waals surface area contributed by atoms with Gasteiger partial charge in [0.2, 0.25) is 0 Å². The maximum absolute atomic E-state index is 12.5. The number of aromatic nitrogens is 3. The van der Waals surface area contributed by atoms with E-state index in [0.29, 0.717) is 19.7 Å². The maximum atomic E-state index is 12.5. The molecule has 0 spiro atoms. The van der Waals surface area contributed by atoms with E-state index in [9.17, 15) is 4.79 Å². The average molecular weight is 293 g/mol. The van der Waals surface area contributed by atoms with E-state index < -0.39 is 0 Å². The fraction of sp³-hybridized carbons (Fsp3) is 0.786. The van der Waals surface area contributed by atoms with Crippen LogP contribution in [0.1, 0.15) is 25.1 Å². The maximum Gasteiger partial charge on any atom is 0.253 e. The van der Waals surface area contributed by atoms with Crippen LogP contribution in [0.25, 0.3) is 0 Å². The van der Waals surface area contributed by atoms with Gasteiger partial charge in [-0.25, -0.2) is 4.98 Å². The molecule has 0 aliphatic carbocycles. The highest BCUT2D eigenvalue weighted by atomic mass is 16.5. The Hall–Kier alpha value is -1.47. The predicted octanol–water partition coefficient (Wildman–Crippen LogP) is 0.0284. The van der Waals surface area contributed by atoms with E-state index >= 15 is 0 Å². The quantitative estimate of drug-likeness (QED) is 0.787. The predicted molar refractivity (Wildman–Crippen MR) is 76.5 cm³/mol. The SMILES string of the molecule is Cn1ncnc1CN1CCOC(C(=O)N2CCCCC2)C1. The number of aryl methyl sites for hydroxylation is 1. The fourth-order valence-corrected chi connectivity index (χ4v) is 2.98. The summed E-state index contributed by atoms with van der Waals surface area (Å²) in [5.74, 6) is 1.07. The van der Waals surface area contributed by atoms with Gasteiger partial charge < -0.3 is 9.64 Å². The Labute approximate surface area is 124 Å². The Morgan fingerprint density at radius 3 is 2.86 bits per heavy atom. The van der Waals surface area contributed by atoms with Crippen LogP contribution in [0.15, 0.2) is 6.33 Å². The second-order valence-corrected chi connectivity index (χ2v) is 5.78. The van der Waals surface area contributed by atoms with Gasteiger partial charge in [-0.1, -0.05) is 0 Å². The summed E-state index contributed by atoms with van der Waals surface area (Å²) in [7, 11) is 1.89. The van der Waals surface area contributed by atoms with E-state index in [-0.39, 0.29) is 12.0 Å². The standard InChI is InChI=1S/C14H23N5O2/c1-17-13(15-11-16-17)10-18-7-8-21-12(9-18)14(20)19-5-3-2-4-6-19/h11-12H,2-10H2,1H3. The minimum atomic E-state index is -0.329. The third kappa shape index (κ3) is 3.41. The number of likely N-dealkylation sites (tertiary alicyclic amines) is 1. The highest BCUT2D eigenvalue weighted by Gasteiger charge is 2.31. The molecule has 0 N–H and O–H groups in total. The molecule has 2 fully saturated rings. The van der Waals surface area contributed by atoms with Gasteiger partial charge in [-0.05, 0) is 19.3 Å². The van der Waals surface area contributed by atoms with Gasteiger partial charge in [-0.2, -0.15) is 5.10 Å². The zero-order chi connectivity index (χ0) is 14.7. The Morgan fingerprint density at radius 2 is 2.14 bits per heavy atom. The Morgan fingerprint density at radius 1 is 1.33 bits per heavy atom. The van der Waals surface area contributed by atoms with Crippen LogP contribution in [0.4, 0.5) is 0 Å². The lowest BCUT2D eigenvalue weighted by Gasteiger charge is -2.36. The first-order valence-corrected chi connectivity index (χ1v) is 7.69. The lowest BCUT2D eigenvalue weighted by atomic mass is 10.1. The minimum absolute atomic E-state index is 0.150.